The average molecular weight is 569 g/mol. The first-order valence-electron chi connectivity index (χ1n) is 13.4. The lowest BCUT2D eigenvalue weighted by Gasteiger charge is -2.23. The van der Waals surface area contributed by atoms with Crippen molar-refractivity contribution in [2.75, 3.05) is 23.4 Å². The lowest BCUT2D eigenvalue weighted by Crippen LogP contribution is -2.35. The molecule has 40 heavy (non-hydrogen) atoms. The Hall–Kier alpha value is -3.73. The van der Waals surface area contributed by atoms with E-state index in [4.69, 9.17) is 0 Å². The van der Waals surface area contributed by atoms with Crippen LogP contribution in [0.15, 0.2) is 36.5 Å². The summed E-state index contributed by atoms with van der Waals surface area (Å²) in [6.45, 7) is 0.597. The van der Waals surface area contributed by atoms with E-state index < -0.39 is 28.7 Å². The molecule has 0 radical (unpaired) electrons. The minimum atomic E-state index is -1.06. The van der Waals surface area contributed by atoms with Gasteiger partial charge in [0.1, 0.15) is 17.3 Å². The maximum Gasteiger partial charge on any atom is 0.304 e. The number of hydrogen-bond acceptors (Lipinski definition) is 6. The summed E-state index contributed by atoms with van der Waals surface area (Å²) in [5, 5.41) is 8.78. The zero-order chi connectivity index (χ0) is 28.4. The molecule has 11 heteroatoms. The fourth-order valence-corrected chi connectivity index (χ4v) is 6.44. The Morgan fingerprint density at radius 1 is 1.15 bits per heavy atom. The summed E-state index contributed by atoms with van der Waals surface area (Å²) in [5.74, 6) is -1.99. The van der Waals surface area contributed by atoms with E-state index >= 15 is 4.39 Å². The van der Waals surface area contributed by atoms with Crippen molar-refractivity contribution in [3.63, 3.8) is 0 Å². The van der Waals surface area contributed by atoms with Crippen LogP contribution in [0.3, 0.4) is 0 Å². The predicted molar refractivity (Wildman–Crippen MR) is 148 cm³/mol. The van der Waals surface area contributed by atoms with Crippen LogP contribution in [0.1, 0.15) is 51.4 Å². The maximum absolute atomic E-state index is 15.3. The van der Waals surface area contributed by atoms with Gasteiger partial charge in [0, 0.05) is 43.3 Å². The Bertz CT molecular complexity index is 1420. The van der Waals surface area contributed by atoms with Crippen LogP contribution in [0.25, 0.3) is 22.4 Å². The van der Waals surface area contributed by atoms with Gasteiger partial charge in [-0.05, 0) is 48.6 Å². The molecule has 1 aliphatic heterocycles. The summed E-state index contributed by atoms with van der Waals surface area (Å²) in [7, 11) is 1.46. The normalized spacial score (nSPS) is 16.5. The summed E-state index contributed by atoms with van der Waals surface area (Å²) < 4.78 is 29.7. The molecule has 210 valence electrons. The van der Waals surface area contributed by atoms with Crippen molar-refractivity contribution in [2.24, 2.45) is 11.8 Å². The van der Waals surface area contributed by atoms with Gasteiger partial charge in [-0.25, -0.2) is 14.4 Å². The topological polar surface area (TPSA) is 104 Å². The number of amides is 2. The number of carboxylic acid groups (broad SMARTS) is 1. The number of thiazole rings is 1. The van der Waals surface area contributed by atoms with Crippen molar-refractivity contribution in [3.05, 3.63) is 47.5 Å². The van der Waals surface area contributed by atoms with E-state index in [0.717, 1.165) is 32.1 Å². The van der Waals surface area contributed by atoms with Crippen LogP contribution in [-0.2, 0) is 14.4 Å². The highest BCUT2D eigenvalue weighted by atomic mass is 32.1. The maximum atomic E-state index is 15.3. The molecule has 2 fully saturated rings. The van der Waals surface area contributed by atoms with E-state index in [1.54, 1.807) is 23.2 Å². The highest BCUT2D eigenvalue weighted by molar-refractivity contribution is 7.14. The molecule has 0 spiro atoms. The van der Waals surface area contributed by atoms with Crippen molar-refractivity contribution >= 4 is 40.1 Å². The summed E-state index contributed by atoms with van der Waals surface area (Å²) in [6.07, 6.45) is 7.04. The Balaban J connectivity index is 1.42. The number of nitrogens with zero attached hydrogens (tertiary/aromatic N) is 4. The number of rotatable bonds is 9. The van der Waals surface area contributed by atoms with Gasteiger partial charge in [-0.1, -0.05) is 43.1 Å². The van der Waals surface area contributed by atoms with E-state index in [-0.39, 0.29) is 28.7 Å². The third-order valence-electron chi connectivity index (χ3n) is 7.70. The van der Waals surface area contributed by atoms with Crippen LogP contribution in [0, 0.1) is 22.8 Å². The predicted octanol–water partition coefficient (Wildman–Crippen LogP) is 5.91. The van der Waals surface area contributed by atoms with Gasteiger partial charge >= 0.3 is 5.97 Å². The Morgan fingerprint density at radius 2 is 1.93 bits per heavy atom. The first-order chi connectivity index (χ1) is 19.2. The molecular weight excluding hydrogens is 538 g/mol. The molecule has 1 saturated carbocycles. The minimum absolute atomic E-state index is 0.00676. The van der Waals surface area contributed by atoms with Gasteiger partial charge in [0.15, 0.2) is 5.13 Å². The molecule has 5 rings (SSSR count). The smallest absolute Gasteiger partial charge is 0.304 e. The van der Waals surface area contributed by atoms with E-state index in [9.17, 15) is 23.9 Å². The number of aromatic nitrogens is 2. The second-order valence-electron chi connectivity index (χ2n) is 10.4. The highest BCUT2D eigenvalue weighted by Crippen LogP contribution is 2.39. The van der Waals surface area contributed by atoms with Gasteiger partial charge in [0.25, 0.3) is 0 Å². The SMILES string of the molecule is CN(C(=O)[C@@H](CC(=O)O)CC1CCCC1)c1nc(-c2cc(F)ccc2-c2ccc(N3CCCC3=O)nc2)c(F)s1. The molecule has 2 amide bonds. The Kier molecular flexibility index (Phi) is 8.20. The first-order valence-corrected chi connectivity index (χ1v) is 14.2. The van der Waals surface area contributed by atoms with Crippen LogP contribution in [0.2, 0.25) is 0 Å². The summed E-state index contributed by atoms with van der Waals surface area (Å²) in [6, 6.07) is 7.40. The third kappa shape index (κ3) is 5.89. The summed E-state index contributed by atoms with van der Waals surface area (Å²) >= 11 is 0.652. The minimum Gasteiger partial charge on any atom is -0.481 e. The fraction of sp³-hybridized carbons (Fsp3) is 0.414. The van der Waals surface area contributed by atoms with Crippen LogP contribution >= 0.6 is 11.3 Å². The number of carbonyl (C=O) groups excluding carboxylic acids is 2. The standard InChI is InChI=1S/C29H30F2N4O4S/c1-34(28(39)19(14-25(37)38)13-17-5-2-3-6-17)29-33-26(27(31)40-29)22-15-20(30)9-10-21(22)18-8-11-23(32-16-18)35-12-4-7-24(35)36/h8-11,15-17,19H,2-7,12-14H2,1H3,(H,37,38)/t19-/m1/s1. The number of halogens is 2. The Morgan fingerprint density at radius 3 is 2.58 bits per heavy atom. The zero-order valence-electron chi connectivity index (χ0n) is 22.1. The average Bonchev–Trinajstić information content (AvgIpc) is 3.69. The quantitative estimate of drug-likeness (QED) is 0.344. The molecule has 0 bridgehead atoms. The molecule has 2 aliphatic rings. The third-order valence-corrected chi connectivity index (χ3v) is 8.62. The summed E-state index contributed by atoms with van der Waals surface area (Å²) in [5.41, 5.74) is 1.16. The molecule has 0 unspecified atom stereocenters. The van der Waals surface area contributed by atoms with Crippen molar-refractivity contribution in [1.29, 1.82) is 0 Å². The monoisotopic (exact) mass is 568 g/mol. The van der Waals surface area contributed by atoms with E-state index in [0.29, 0.717) is 53.6 Å². The largest absolute Gasteiger partial charge is 0.481 e. The summed E-state index contributed by atoms with van der Waals surface area (Å²) in [4.78, 5) is 48.5. The molecule has 3 aromatic rings. The highest BCUT2D eigenvalue weighted by Gasteiger charge is 2.31. The number of hydrogen-bond donors (Lipinski definition) is 1. The van der Waals surface area contributed by atoms with Gasteiger partial charge in [-0.3, -0.25) is 24.2 Å². The van der Waals surface area contributed by atoms with Crippen LogP contribution in [0.5, 0.6) is 0 Å². The number of carboxylic acids is 1. The number of aliphatic carboxylic acids is 1. The van der Waals surface area contributed by atoms with Crippen LogP contribution < -0.4 is 9.80 Å². The van der Waals surface area contributed by atoms with E-state index in [1.807, 2.05) is 0 Å². The van der Waals surface area contributed by atoms with Gasteiger partial charge in [0.05, 0.1) is 6.42 Å². The van der Waals surface area contributed by atoms with E-state index in [1.165, 1.54) is 30.1 Å². The van der Waals surface area contributed by atoms with Gasteiger partial charge in [-0.2, -0.15) is 4.39 Å². The molecule has 2 aromatic heterocycles. The van der Waals surface area contributed by atoms with Crippen molar-refractivity contribution < 1.29 is 28.3 Å². The van der Waals surface area contributed by atoms with Crippen LogP contribution in [0.4, 0.5) is 19.7 Å². The lowest BCUT2D eigenvalue weighted by molar-refractivity contribution is -0.140. The fourth-order valence-electron chi connectivity index (χ4n) is 5.66. The first kappa shape index (κ1) is 27.8. The molecular formula is C29H30F2N4O4S. The van der Waals surface area contributed by atoms with Gasteiger partial charge in [-0.15, -0.1) is 0 Å². The number of benzene rings is 1. The molecule has 1 saturated heterocycles. The number of carbonyl (C=O) groups is 3. The number of anilines is 2. The van der Waals surface area contributed by atoms with Crippen molar-refractivity contribution in [1.82, 2.24) is 9.97 Å². The van der Waals surface area contributed by atoms with E-state index in [2.05, 4.69) is 9.97 Å². The number of pyridine rings is 1. The second kappa shape index (κ2) is 11.8. The van der Waals surface area contributed by atoms with Gasteiger partial charge in [0.2, 0.25) is 16.9 Å². The van der Waals surface area contributed by atoms with Crippen LogP contribution in [-0.4, -0.2) is 46.5 Å². The molecule has 1 atom stereocenters. The molecule has 8 nitrogen and oxygen atoms in total. The molecule has 3 heterocycles. The zero-order valence-corrected chi connectivity index (χ0v) is 22.9. The lowest BCUT2D eigenvalue weighted by atomic mass is 9.90. The van der Waals surface area contributed by atoms with Crippen molar-refractivity contribution in [3.8, 4) is 22.4 Å². The van der Waals surface area contributed by atoms with Gasteiger partial charge < -0.3 is 5.11 Å². The second-order valence-corrected chi connectivity index (χ2v) is 11.4. The molecule has 1 N–H and O–H groups in total. The van der Waals surface area contributed by atoms with Crippen molar-refractivity contribution in [2.45, 2.75) is 51.4 Å². The Labute approximate surface area is 234 Å². The molecule has 1 aliphatic carbocycles. The molecule has 1 aromatic carbocycles.